The van der Waals surface area contributed by atoms with Crippen molar-refractivity contribution in [3.8, 4) is 0 Å². The van der Waals surface area contributed by atoms with E-state index in [0.29, 0.717) is 5.41 Å². The van der Waals surface area contributed by atoms with Crippen LogP contribution in [-0.4, -0.2) is 0 Å². The van der Waals surface area contributed by atoms with Crippen molar-refractivity contribution in [1.82, 2.24) is 0 Å². The zero-order valence-electron chi connectivity index (χ0n) is 10.9. The Morgan fingerprint density at radius 2 is 1.57 bits per heavy atom. The van der Waals surface area contributed by atoms with Crippen LogP contribution in [0.25, 0.3) is 0 Å². The lowest BCUT2D eigenvalue weighted by molar-refractivity contribution is 0.0144. The molecule has 1 aliphatic carbocycles. The fraction of sp³-hybridized carbons (Fsp3) is 1.00. The van der Waals surface area contributed by atoms with Gasteiger partial charge in [-0.1, -0.05) is 48.0 Å². The summed E-state index contributed by atoms with van der Waals surface area (Å²) in [5.74, 6) is 3.59. The summed E-state index contributed by atoms with van der Waals surface area (Å²) in [6.45, 7) is 14.6. The van der Waals surface area contributed by atoms with Crippen LogP contribution < -0.4 is 0 Å². The van der Waals surface area contributed by atoms with Crippen molar-refractivity contribution < 1.29 is 0 Å². The lowest BCUT2D eigenvalue weighted by Gasteiger charge is -2.48. The fourth-order valence-corrected chi connectivity index (χ4v) is 3.86. The molecule has 0 aromatic carbocycles. The van der Waals surface area contributed by atoms with E-state index in [9.17, 15) is 0 Å². The van der Waals surface area contributed by atoms with E-state index in [1.165, 1.54) is 19.3 Å². The molecule has 0 N–H and O–H groups in total. The van der Waals surface area contributed by atoms with Gasteiger partial charge in [-0.15, -0.1) is 0 Å². The zero-order chi connectivity index (χ0) is 10.9. The molecule has 0 bridgehead atoms. The summed E-state index contributed by atoms with van der Waals surface area (Å²) in [5, 5.41) is 0. The van der Waals surface area contributed by atoms with Crippen molar-refractivity contribution >= 4 is 0 Å². The van der Waals surface area contributed by atoms with Crippen molar-refractivity contribution in [3.05, 3.63) is 0 Å². The third kappa shape index (κ3) is 2.32. The van der Waals surface area contributed by atoms with Gasteiger partial charge in [0.05, 0.1) is 0 Å². The molecule has 0 aliphatic heterocycles. The average molecular weight is 196 g/mol. The van der Waals surface area contributed by atoms with E-state index in [4.69, 9.17) is 0 Å². The van der Waals surface area contributed by atoms with Gasteiger partial charge in [0.25, 0.3) is 0 Å². The summed E-state index contributed by atoms with van der Waals surface area (Å²) in [6.07, 6.45) is 4.34. The fourth-order valence-electron chi connectivity index (χ4n) is 3.86. The maximum absolute atomic E-state index is 2.48. The van der Waals surface area contributed by atoms with Crippen LogP contribution in [0, 0.1) is 29.1 Å². The molecule has 0 aromatic rings. The van der Waals surface area contributed by atoms with E-state index < -0.39 is 0 Å². The van der Waals surface area contributed by atoms with Crippen molar-refractivity contribution in [2.45, 2.75) is 60.8 Å². The normalized spacial score (nSPS) is 32.6. The summed E-state index contributed by atoms with van der Waals surface area (Å²) in [6, 6.07) is 0. The lowest BCUT2D eigenvalue weighted by atomic mass is 9.57. The molecule has 0 nitrogen and oxygen atoms in total. The lowest BCUT2D eigenvalue weighted by Crippen LogP contribution is -2.40. The van der Waals surface area contributed by atoms with Gasteiger partial charge in [0.2, 0.25) is 0 Å². The Morgan fingerprint density at radius 3 is 1.93 bits per heavy atom. The second-order valence-corrected chi connectivity index (χ2v) is 6.56. The minimum atomic E-state index is 0.571. The second-order valence-electron chi connectivity index (χ2n) is 6.56. The molecule has 0 aromatic heterocycles. The van der Waals surface area contributed by atoms with Crippen molar-refractivity contribution in [2.24, 2.45) is 29.1 Å². The van der Waals surface area contributed by atoms with E-state index in [2.05, 4.69) is 41.5 Å². The van der Waals surface area contributed by atoms with Crippen LogP contribution >= 0.6 is 0 Å². The third-order valence-electron chi connectivity index (χ3n) is 4.30. The standard InChI is InChI=1S/C14H28/c1-10(2)12-8-7-9-14(5,6)13(12)11(3)4/h10-13H,7-9H2,1-6H3. The highest BCUT2D eigenvalue weighted by atomic mass is 14.5. The molecule has 1 saturated carbocycles. The van der Waals surface area contributed by atoms with Gasteiger partial charge >= 0.3 is 0 Å². The molecule has 1 aliphatic rings. The summed E-state index contributed by atoms with van der Waals surface area (Å²) >= 11 is 0. The first-order chi connectivity index (χ1) is 6.36. The number of rotatable bonds is 2. The molecule has 1 rings (SSSR count). The molecule has 84 valence electrons. The van der Waals surface area contributed by atoms with Crippen molar-refractivity contribution in [3.63, 3.8) is 0 Å². The highest BCUT2D eigenvalue weighted by Crippen LogP contribution is 2.49. The number of hydrogen-bond acceptors (Lipinski definition) is 0. The topological polar surface area (TPSA) is 0 Å². The van der Waals surface area contributed by atoms with Crippen LogP contribution in [0.15, 0.2) is 0 Å². The largest absolute Gasteiger partial charge is 0.0625 e. The molecule has 0 heterocycles. The molecule has 0 radical (unpaired) electrons. The molecule has 0 spiro atoms. The molecule has 1 fully saturated rings. The van der Waals surface area contributed by atoms with Crippen LogP contribution in [0.4, 0.5) is 0 Å². The molecule has 0 amide bonds. The maximum atomic E-state index is 2.48. The van der Waals surface area contributed by atoms with Crippen LogP contribution in [-0.2, 0) is 0 Å². The quantitative estimate of drug-likeness (QED) is 0.598. The molecule has 0 heteroatoms. The van der Waals surface area contributed by atoms with Gasteiger partial charge < -0.3 is 0 Å². The van der Waals surface area contributed by atoms with Gasteiger partial charge in [0.1, 0.15) is 0 Å². The SMILES string of the molecule is CC(C)C1CCCC(C)(C)C1C(C)C. The zero-order valence-corrected chi connectivity index (χ0v) is 10.9. The third-order valence-corrected chi connectivity index (χ3v) is 4.30. The first-order valence-electron chi connectivity index (χ1n) is 6.36. The Balaban J connectivity index is 2.84. The monoisotopic (exact) mass is 196 g/mol. The van der Waals surface area contributed by atoms with Crippen LogP contribution in [0.3, 0.4) is 0 Å². The average Bonchev–Trinajstić information content (AvgIpc) is 2.00. The summed E-state index contributed by atoms with van der Waals surface area (Å²) in [4.78, 5) is 0. The Bertz CT molecular complexity index is 176. The van der Waals surface area contributed by atoms with E-state index in [1.54, 1.807) is 0 Å². The highest BCUT2D eigenvalue weighted by molar-refractivity contribution is 4.90. The summed E-state index contributed by atoms with van der Waals surface area (Å²) < 4.78 is 0. The van der Waals surface area contributed by atoms with Gasteiger partial charge in [-0.25, -0.2) is 0 Å². The van der Waals surface area contributed by atoms with E-state index in [1.807, 2.05) is 0 Å². The minimum absolute atomic E-state index is 0.571. The Morgan fingerprint density at radius 1 is 1.00 bits per heavy atom. The van der Waals surface area contributed by atoms with Crippen LogP contribution in [0.1, 0.15) is 60.8 Å². The predicted octanol–water partition coefficient (Wildman–Crippen LogP) is 4.74. The molecule has 14 heavy (non-hydrogen) atoms. The first kappa shape index (κ1) is 12.1. The van der Waals surface area contributed by atoms with Gasteiger partial charge in [-0.3, -0.25) is 0 Å². The molecular weight excluding hydrogens is 168 g/mol. The Hall–Kier alpha value is 0. The Labute approximate surface area is 90.5 Å². The van der Waals surface area contributed by atoms with Crippen LogP contribution in [0.5, 0.6) is 0 Å². The van der Waals surface area contributed by atoms with Gasteiger partial charge in [0.15, 0.2) is 0 Å². The van der Waals surface area contributed by atoms with Gasteiger partial charge in [-0.2, -0.15) is 0 Å². The summed E-state index contributed by atoms with van der Waals surface area (Å²) in [5.41, 5.74) is 0.571. The van der Waals surface area contributed by atoms with Crippen LogP contribution in [0.2, 0.25) is 0 Å². The molecule has 2 atom stereocenters. The second kappa shape index (κ2) is 4.24. The van der Waals surface area contributed by atoms with Gasteiger partial charge in [-0.05, 0) is 41.9 Å². The molecular formula is C14H28. The van der Waals surface area contributed by atoms with Crippen molar-refractivity contribution in [2.75, 3.05) is 0 Å². The first-order valence-corrected chi connectivity index (χ1v) is 6.36. The smallest absolute Gasteiger partial charge is 0.0309 e. The van der Waals surface area contributed by atoms with E-state index in [-0.39, 0.29) is 0 Å². The molecule has 0 saturated heterocycles. The number of hydrogen-bond donors (Lipinski definition) is 0. The highest BCUT2D eigenvalue weighted by Gasteiger charge is 2.41. The molecule has 2 unspecified atom stereocenters. The van der Waals surface area contributed by atoms with Crippen molar-refractivity contribution in [1.29, 1.82) is 0 Å². The summed E-state index contributed by atoms with van der Waals surface area (Å²) in [7, 11) is 0. The maximum Gasteiger partial charge on any atom is -0.0309 e. The predicted molar refractivity (Wildman–Crippen MR) is 64.3 cm³/mol. The van der Waals surface area contributed by atoms with Gasteiger partial charge in [0, 0.05) is 0 Å². The van der Waals surface area contributed by atoms with E-state index in [0.717, 1.165) is 23.7 Å². The van der Waals surface area contributed by atoms with E-state index >= 15 is 0 Å². The Kier molecular flexibility index (Phi) is 3.66. The minimum Gasteiger partial charge on any atom is -0.0625 e.